The first kappa shape index (κ1) is 17.0. The van der Waals surface area contributed by atoms with Crippen molar-refractivity contribution in [2.45, 2.75) is 19.3 Å². The Hall–Kier alpha value is -1.81. The van der Waals surface area contributed by atoms with Crippen LogP contribution in [0.2, 0.25) is 0 Å². The molecule has 4 heteroatoms. The maximum absolute atomic E-state index is 12.4. The number of nitrogens with one attached hydrogen (secondary N) is 1. The zero-order valence-corrected chi connectivity index (χ0v) is 15.3. The van der Waals surface area contributed by atoms with Crippen LogP contribution in [0.3, 0.4) is 0 Å². The number of anilines is 1. The Balaban J connectivity index is 1.42. The molecule has 0 saturated carbocycles. The molecule has 2 aromatic carbocycles. The molecule has 0 unspecified atom stereocenters. The number of rotatable bonds is 5. The maximum atomic E-state index is 12.4. The Morgan fingerprint density at radius 3 is 2.38 bits per heavy atom. The van der Waals surface area contributed by atoms with Crippen molar-refractivity contribution in [3.05, 3.63) is 64.6 Å². The standard InChI is InChI=1S/C20H23BrN2O/c21-18-6-8-19(9-7-18)22-15-20(24)23-12-10-17(11-13-23)14-16-4-2-1-3-5-16/h1-9,17,22H,10-15H2. The largest absolute Gasteiger partial charge is 0.376 e. The molecular weight excluding hydrogens is 364 g/mol. The van der Waals surface area contributed by atoms with E-state index >= 15 is 0 Å². The van der Waals surface area contributed by atoms with Gasteiger partial charge in [0, 0.05) is 23.2 Å². The smallest absolute Gasteiger partial charge is 0.241 e. The van der Waals surface area contributed by atoms with Gasteiger partial charge in [0.05, 0.1) is 6.54 Å². The Morgan fingerprint density at radius 1 is 1.04 bits per heavy atom. The van der Waals surface area contributed by atoms with Crippen LogP contribution in [-0.4, -0.2) is 30.4 Å². The Labute approximate surface area is 152 Å². The molecule has 1 fully saturated rings. The van der Waals surface area contributed by atoms with Crippen LogP contribution in [0.5, 0.6) is 0 Å². The van der Waals surface area contributed by atoms with Gasteiger partial charge in [-0.2, -0.15) is 0 Å². The number of carbonyl (C=O) groups is 1. The molecule has 1 amide bonds. The van der Waals surface area contributed by atoms with E-state index in [1.807, 2.05) is 29.2 Å². The van der Waals surface area contributed by atoms with Crippen molar-refractivity contribution >= 4 is 27.5 Å². The van der Waals surface area contributed by atoms with Crippen LogP contribution in [0.1, 0.15) is 18.4 Å². The van der Waals surface area contributed by atoms with Gasteiger partial charge < -0.3 is 10.2 Å². The summed E-state index contributed by atoms with van der Waals surface area (Å²) in [5.74, 6) is 0.881. The molecule has 0 spiro atoms. The van der Waals surface area contributed by atoms with Gasteiger partial charge in [0.2, 0.25) is 5.91 Å². The van der Waals surface area contributed by atoms with Crippen molar-refractivity contribution in [1.82, 2.24) is 4.90 Å². The molecular formula is C20H23BrN2O. The number of hydrogen-bond acceptors (Lipinski definition) is 2. The van der Waals surface area contributed by atoms with Crippen molar-refractivity contribution in [2.24, 2.45) is 5.92 Å². The van der Waals surface area contributed by atoms with Crippen molar-refractivity contribution in [2.75, 3.05) is 25.0 Å². The molecule has 1 heterocycles. The minimum absolute atomic E-state index is 0.191. The summed E-state index contributed by atoms with van der Waals surface area (Å²) in [5.41, 5.74) is 2.38. The zero-order chi connectivity index (χ0) is 16.8. The molecule has 2 aromatic rings. The van der Waals surface area contributed by atoms with E-state index in [1.165, 1.54) is 5.56 Å². The van der Waals surface area contributed by atoms with Crippen molar-refractivity contribution in [3.63, 3.8) is 0 Å². The second-order valence-electron chi connectivity index (χ2n) is 6.37. The van der Waals surface area contributed by atoms with E-state index in [4.69, 9.17) is 0 Å². The highest BCUT2D eigenvalue weighted by Crippen LogP contribution is 2.22. The summed E-state index contributed by atoms with van der Waals surface area (Å²) in [6.45, 7) is 2.11. The number of nitrogens with zero attached hydrogens (tertiary/aromatic N) is 1. The van der Waals surface area contributed by atoms with E-state index in [0.29, 0.717) is 12.5 Å². The van der Waals surface area contributed by atoms with Crippen molar-refractivity contribution < 1.29 is 4.79 Å². The lowest BCUT2D eigenvalue weighted by Gasteiger charge is -2.32. The van der Waals surface area contributed by atoms with Gasteiger partial charge in [-0.3, -0.25) is 4.79 Å². The van der Waals surface area contributed by atoms with Crippen molar-refractivity contribution in [3.8, 4) is 0 Å². The lowest BCUT2D eigenvalue weighted by atomic mass is 9.90. The third-order valence-electron chi connectivity index (χ3n) is 4.62. The van der Waals surface area contributed by atoms with Gasteiger partial charge in [0.1, 0.15) is 0 Å². The van der Waals surface area contributed by atoms with Crippen LogP contribution in [0, 0.1) is 5.92 Å². The normalized spacial score (nSPS) is 15.3. The summed E-state index contributed by atoms with van der Waals surface area (Å²) < 4.78 is 1.04. The first-order valence-corrected chi connectivity index (χ1v) is 9.31. The third-order valence-corrected chi connectivity index (χ3v) is 5.15. The highest BCUT2D eigenvalue weighted by molar-refractivity contribution is 9.10. The molecule has 1 saturated heterocycles. The fraction of sp³-hybridized carbons (Fsp3) is 0.350. The van der Waals surface area contributed by atoms with Crippen LogP contribution in [0.15, 0.2) is 59.1 Å². The van der Waals surface area contributed by atoms with Crippen LogP contribution in [-0.2, 0) is 11.2 Å². The first-order valence-electron chi connectivity index (χ1n) is 8.52. The van der Waals surface area contributed by atoms with E-state index in [-0.39, 0.29) is 5.91 Å². The van der Waals surface area contributed by atoms with Gasteiger partial charge >= 0.3 is 0 Å². The van der Waals surface area contributed by atoms with Gasteiger partial charge in [-0.1, -0.05) is 46.3 Å². The molecule has 126 valence electrons. The second-order valence-corrected chi connectivity index (χ2v) is 7.29. The lowest BCUT2D eigenvalue weighted by molar-refractivity contribution is -0.130. The molecule has 0 aliphatic carbocycles. The minimum Gasteiger partial charge on any atom is -0.376 e. The number of piperidine rings is 1. The van der Waals surface area contributed by atoms with Crippen LogP contribution in [0.4, 0.5) is 5.69 Å². The number of amides is 1. The predicted molar refractivity (Wildman–Crippen MR) is 102 cm³/mol. The molecule has 1 aliphatic heterocycles. The van der Waals surface area contributed by atoms with Gasteiger partial charge in [-0.15, -0.1) is 0 Å². The molecule has 1 N–H and O–H groups in total. The zero-order valence-electron chi connectivity index (χ0n) is 13.7. The summed E-state index contributed by atoms with van der Waals surface area (Å²) in [7, 11) is 0. The fourth-order valence-electron chi connectivity index (χ4n) is 3.19. The van der Waals surface area contributed by atoms with Gasteiger partial charge in [0.15, 0.2) is 0 Å². The number of benzene rings is 2. The molecule has 24 heavy (non-hydrogen) atoms. The predicted octanol–water partition coefficient (Wildman–Crippen LogP) is 4.34. The number of halogens is 1. The monoisotopic (exact) mass is 386 g/mol. The molecule has 3 nitrogen and oxygen atoms in total. The molecule has 0 aromatic heterocycles. The van der Waals surface area contributed by atoms with Crippen LogP contribution in [0.25, 0.3) is 0 Å². The Morgan fingerprint density at radius 2 is 1.71 bits per heavy atom. The van der Waals surface area contributed by atoms with Crippen LogP contribution >= 0.6 is 15.9 Å². The SMILES string of the molecule is O=C(CNc1ccc(Br)cc1)N1CCC(Cc2ccccc2)CC1. The summed E-state index contributed by atoms with van der Waals surface area (Å²) >= 11 is 3.41. The maximum Gasteiger partial charge on any atom is 0.241 e. The molecule has 0 radical (unpaired) electrons. The summed E-state index contributed by atoms with van der Waals surface area (Å²) in [4.78, 5) is 14.4. The summed E-state index contributed by atoms with van der Waals surface area (Å²) in [5, 5.41) is 3.21. The highest BCUT2D eigenvalue weighted by Gasteiger charge is 2.22. The van der Waals surface area contributed by atoms with E-state index < -0.39 is 0 Å². The molecule has 3 rings (SSSR count). The Kier molecular flexibility index (Phi) is 5.91. The van der Waals surface area contributed by atoms with E-state index in [2.05, 4.69) is 51.6 Å². The van der Waals surface area contributed by atoms with Crippen LogP contribution < -0.4 is 5.32 Å². The number of likely N-dealkylation sites (tertiary alicyclic amines) is 1. The van der Waals surface area contributed by atoms with Crippen molar-refractivity contribution in [1.29, 1.82) is 0 Å². The molecule has 0 bridgehead atoms. The Bertz CT molecular complexity index is 649. The van der Waals surface area contributed by atoms with Gasteiger partial charge in [0.25, 0.3) is 0 Å². The minimum atomic E-state index is 0.191. The topological polar surface area (TPSA) is 32.3 Å². The summed E-state index contributed by atoms with van der Waals surface area (Å²) in [6, 6.07) is 18.5. The lowest BCUT2D eigenvalue weighted by Crippen LogP contribution is -2.41. The summed E-state index contributed by atoms with van der Waals surface area (Å²) in [6.07, 6.45) is 3.32. The highest BCUT2D eigenvalue weighted by atomic mass is 79.9. The number of carbonyl (C=O) groups excluding carboxylic acids is 1. The quantitative estimate of drug-likeness (QED) is 0.828. The van der Waals surface area contributed by atoms with E-state index in [1.54, 1.807) is 0 Å². The molecule has 1 aliphatic rings. The molecule has 0 atom stereocenters. The average molecular weight is 387 g/mol. The van der Waals surface area contributed by atoms with Gasteiger partial charge in [-0.25, -0.2) is 0 Å². The second kappa shape index (κ2) is 8.34. The fourth-order valence-corrected chi connectivity index (χ4v) is 3.46. The average Bonchev–Trinajstić information content (AvgIpc) is 2.62. The van der Waals surface area contributed by atoms with E-state index in [0.717, 1.165) is 42.5 Å². The van der Waals surface area contributed by atoms with Gasteiger partial charge in [-0.05, 0) is 55.0 Å². The first-order chi connectivity index (χ1) is 11.7. The van der Waals surface area contributed by atoms with E-state index in [9.17, 15) is 4.79 Å². The third kappa shape index (κ3) is 4.84. The number of hydrogen-bond donors (Lipinski definition) is 1.